The molecule has 0 bridgehead atoms. The molecule has 0 heterocycles. The Labute approximate surface area is 109 Å². The van der Waals surface area contributed by atoms with Crippen molar-refractivity contribution >= 4 is 33.3 Å². The lowest BCUT2D eigenvalue weighted by Crippen LogP contribution is -2.19. The van der Waals surface area contributed by atoms with Gasteiger partial charge in [0.2, 0.25) is 10.0 Å². The van der Waals surface area contributed by atoms with Crippen LogP contribution in [0.3, 0.4) is 0 Å². The summed E-state index contributed by atoms with van der Waals surface area (Å²) in [4.78, 5) is 10.3. The number of anilines is 1. The summed E-state index contributed by atoms with van der Waals surface area (Å²) in [5.41, 5.74) is 0.302. The number of carboxylic acid groups (broad SMARTS) is 1. The average Bonchev–Trinajstić information content (AvgIpc) is 2.29. The number of sulfonamides is 1. The quantitative estimate of drug-likeness (QED) is 0.852. The SMILES string of the molecule is N#Cc1ccc(Cl)c(NS(=O)(=O)CCC(=O)O)c1. The van der Waals surface area contributed by atoms with Gasteiger partial charge in [0.05, 0.1) is 34.5 Å². The van der Waals surface area contributed by atoms with Crippen molar-refractivity contribution in [3.8, 4) is 6.07 Å². The first-order chi connectivity index (χ1) is 8.34. The first-order valence-corrected chi connectivity index (χ1v) is 6.79. The van der Waals surface area contributed by atoms with Gasteiger partial charge in [-0.25, -0.2) is 8.42 Å². The fourth-order valence-corrected chi connectivity index (χ4v) is 2.38. The van der Waals surface area contributed by atoms with E-state index in [0.717, 1.165) is 0 Å². The van der Waals surface area contributed by atoms with Crippen molar-refractivity contribution in [1.29, 1.82) is 5.26 Å². The Kier molecular flexibility index (Phi) is 4.53. The van der Waals surface area contributed by atoms with E-state index in [-0.39, 0.29) is 16.3 Å². The highest BCUT2D eigenvalue weighted by Crippen LogP contribution is 2.23. The largest absolute Gasteiger partial charge is 0.481 e. The maximum atomic E-state index is 11.5. The molecule has 8 heteroatoms. The Morgan fingerprint density at radius 2 is 2.17 bits per heavy atom. The molecule has 96 valence electrons. The maximum Gasteiger partial charge on any atom is 0.304 e. The lowest BCUT2D eigenvalue weighted by Gasteiger charge is -2.08. The zero-order valence-electron chi connectivity index (χ0n) is 9.05. The number of aliphatic carboxylic acids is 1. The molecular formula is C10H9ClN2O4S. The van der Waals surface area contributed by atoms with Crippen molar-refractivity contribution in [2.45, 2.75) is 6.42 Å². The molecule has 2 N–H and O–H groups in total. The maximum absolute atomic E-state index is 11.5. The summed E-state index contributed by atoms with van der Waals surface area (Å²) in [6.07, 6.45) is -0.509. The van der Waals surface area contributed by atoms with E-state index in [9.17, 15) is 13.2 Å². The normalized spacial score (nSPS) is 10.7. The highest BCUT2D eigenvalue weighted by atomic mass is 35.5. The Hall–Kier alpha value is -1.78. The first-order valence-electron chi connectivity index (χ1n) is 4.76. The van der Waals surface area contributed by atoms with Gasteiger partial charge in [-0.1, -0.05) is 11.6 Å². The Bertz CT molecular complexity index is 607. The third kappa shape index (κ3) is 4.24. The zero-order chi connectivity index (χ0) is 13.8. The summed E-state index contributed by atoms with van der Waals surface area (Å²) in [5, 5.41) is 17.2. The molecule has 6 nitrogen and oxygen atoms in total. The van der Waals surface area contributed by atoms with Crippen LogP contribution in [-0.4, -0.2) is 25.2 Å². The summed E-state index contributed by atoms with van der Waals surface area (Å²) in [6.45, 7) is 0. The Morgan fingerprint density at radius 1 is 1.50 bits per heavy atom. The second-order valence-electron chi connectivity index (χ2n) is 3.37. The second-order valence-corrected chi connectivity index (χ2v) is 5.62. The van der Waals surface area contributed by atoms with Gasteiger partial charge in [-0.15, -0.1) is 0 Å². The molecule has 0 aromatic heterocycles. The van der Waals surface area contributed by atoms with Gasteiger partial charge in [0.25, 0.3) is 0 Å². The second kappa shape index (κ2) is 5.71. The molecule has 0 amide bonds. The van der Waals surface area contributed by atoms with Crippen LogP contribution >= 0.6 is 11.6 Å². The van der Waals surface area contributed by atoms with Crippen LogP contribution in [0.15, 0.2) is 18.2 Å². The minimum absolute atomic E-state index is 0.0566. The molecule has 0 spiro atoms. The number of nitriles is 1. The minimum Gasteiger partial charge on any atom is -0.481 e. The van der Waals surface area contributed by atoms with Crippen LogP contribution in [0.25, 0.3) is 0 Å². The third-order valence-electron chi connectivity index (χ3n) is 1.95. The van der Waals surface area contributed by atoms with Crippen molar-refractivity contribution in [3.63, 3.8) is 0 Å². The number of hydrogen-bond donors (Lipinski definition) is 2. The van der Waals surface area contributed by atoms with E-state index >= 15 is 0 Å². The molecule has 1 rings (SSSR count). The minimum atomic E-state index is -3.80. The molecule has 0 aliphatic heterocycles. The molecule has 0 unspecified atom stereocenters. The Balaban J connectivity index is 2.90. The van der Waals surface area contributed by atoms with Crippen LogP contribution in [0.2, 0.25) is 5.02 Å². The van der Waals surface area contributed by atoms with Crippen LogP contribution in [0, 0.1) is 11.3 Å². The predicted octanol–water partition coefficient (Wildman–Crippen LogP) is 1.43. The molecule has 0 aliphatic rings. The van der Waals surface area contributed by atoms with E-state index in [1.54, 1.807) is 0 Å². The molecule has 0 aliphatic carbocycles. The fraction of sp³-hybridized carbons (Fsp3) is 0.200. The van der Waals surface area contributed by atoms with Gasteiger partial charge in [0.15, 0.2) is 0 Å². The van der Waals surface area contributed by atoms with Crippen molar-refractivity contribution < 1.29 is 18.3 Å². The van der Waals surface area contributed by atoms with Gasteiger partial charge in [-0.05, 0) is 18.2 Å². The zero-order valence-corrected chi connectivity index (χ0v) is 10.6. The molecule has 18 heavy (non-hydrogen) atoms. The molecule has 0 saturated heterocycles. The van der Waals surface area contributed by atoms with Crippen LogP contribution in [0.4, 0.5) is 5.69 Å². The fourth-order valence-electron chi connectivity index (χ4n) is 1.11. The van der Waals surface area contributed by atoms with E-state index in [4.69, 9.17) is 22.0 Å². The molecule has 1 aromatic rings. The number of hydrogen-bond acceptors (Lipinski definition) is 4. The topological polar surface area (TPSA) is 107 Å². The number of nitrogens with one attached hydrogen (secondary N) is 1. The van der Waals surface area contributed by atoms with Gasteiger partial charge in [0, 0.05) is 0 Å². The van der Waals surface area contributed by atoms with E-state index in [2.05, 4.69) is 4.72 Å². The van der Waals surface area contributed by atoms with Crippen molar-refractivity contribution in [2.75, 3.05) is 10.5 Å². The molecule has 0 fully saturated rings. The molecule has 0 radical (unpaired) electrons. The monoisotopic (exact) mass is 288 g/mol. The van der Waals surface area contributed by atoms with E-state index in [1.165, 1.54) is 18.2 Å². The van der Waals surface area contributed by atoms with Crippen molar-refractivity contribution in [1.82, 2.24) is 0 Å². The smallest absolute Gasteiger partial charge is 0.304 e. The summed E-state index contributed by atoms with van der Waals surface area (Å²) in [5.74, 6) is -1.77. The predicted molar refractivity (Wildman–Crippen MR) is 65.8 cm³/mol. The standard InChI is InChI=1S/C10H9ClN2O4S/c11-8-2-1-7(6-12)5-9(8)13-18(16,17)4-3-10(14)15/h1-2,5,13H,3-4H2,(H,14,15). The number of carboxylic acids is 1. The lowest BCUT2D eigenvalue weighted by atomic mass is 10.2. The van der Waals surface area contributed by atoms with Crippen LogP contribution in [0.1, 0.15) is 12.0 Å². The molecule has 1 aromatic carbocycles. The third-order valence-corrected chi connectivity index (χ3v) is 3.55. The van der Waals surface area contributed by atoms with Crippen molar-refractivity contribution in [2.24, 2.45) is 0 Å². The van der Waals surface area contributed by atoms with Gasteiger partial charge in [0.1, 0.15) is 0 Å². The number of rotatable bonds is 5. The van der Waals surface area contributed by atoms with Crippen molar-refractivity contribution in [3.05, 3.63) is 28.8 Å². The number of halogens is 1. The van der Waals surface area contributed by atoms with Crippen LogP contribution in [0.5, 0.6) is 0 Å². The van der Waals surface area contributed by atoms with Gasteiger partial charge in [-0.2, -0.15) is 5.26 Å². The number of carbonyl (C=O) groups is 1. The average molecular weight is 289 g/mol. The molecule has 0 atom stereocenters. The number of nitrogens with zero attached hydrogens (tertiary/aromatic N) is 1. The summed E-state index contributed by atoms with van der Waals surface area (Å²) < 4.78 is 25.2. The van der Waals surface area contributed by atoms with E-state index in [1.807, 2.05) is 6.07 Å². The summed E-state index contributed by atoms with van der Waals surface area (Å²) >= 11 is 5.77. The number of benzene rings is 1. The lowest BCUT2D eigenvalue weighted by molar-refractivity contribution is -0.136. The molecular weight excluding hydrogens is 280 g/mol. The van der Waals surface area contributed by atoms with Gasteiger partial charge in [-0.3, -0.25) is 9.52 Å². The highest BCUT2D eigenvalue weighted by molar-refractivity contribution is 7.92. The van der Waals surface area contributed by atoms with E-state index in [0.29, 0.717) is 0 Å². The van der Waals surface area contributed by atoms with Gasteiger partial charge < -0.3 is 5.11 Å². The summed E-state index contributed by atoms with van der Waals surface area (Å²) in [7, 11) is -3.80. The Morgan fingerprint density at radius 3 is 2.72 bits per heavy atom. The molecule has 0 saturated carbocycles. The van der Waals surface area contributed by atoms with Gasteiger partial charge >= 0.3 is 5.97 Å². The first kappa shape index (κ1) is 14.3. The van der Waals surface area contributed by atoms with Crippen LogP contribution < -0.4 is 4.72 Å². The van der Waals surface area contributed by atoms with Crippen LogP contribution in [-0.2, 0) is 14.8 Å². The highest BCUT2D eigenvalue weighted by Gasteiger charge is 2.14. The van der Waals surface area contributed by atoms with E-state index < -0.39 is 28.2 Å². The summed E-state index contributed by atoms with van der Waals surface area (Å²) in [6, 6.07) is 5.95.